The zero-order chi connectivity index (χ0) is 21.7. The fourth-order valence-corrected chi connectivity index (χ4v) is 3.81. The lowest BCUT2D eigenvalue weighted by Gasteiger charge is -2.32. The molecule has 2 aromatic carbocycles. The molecule has 160 valence electrons. The summed E-state index contributed by atoms with van der Waals surface area (Å²) in [7, 11) is 4.58. The summed E-state index contributed by atoms with van der Waals surface area (Å²) in [6.45, 7) is 0.947. The molecule has 2 amide bonds. The number of nitrogens with one attached hydrogen (secondary N) is 1. The molecule has 0 aromatic heterocycles. The van der Waals surface area contributed by atoms with Gasteiger partial charge in [-0.15, -0.1) is 0 Å². The van der Waals surface area contributed by atoms with Crippen LogP contribution in [0.5, 0.6) is 17.2 Å². The van der Waals surface area contributed by atoms with Gasteiger partial charge in [-0.3, -0.25) is 9.59 Å². The zero-order valence-corrected chi connectivity index (χ0v) is 18.0. The monoisotopic (exact) mass is 432 g/mol. The summed E-state index contributed by atoms with van der Waals surface area (Å²) in [6, 6.07) is 10.3. The second-order valence-electron chi connectivity index (χ2n) is 6.94. The Morgan fingerprint density at radius 3 is 2.10 bits per heavy atom. The van der Waals surface area contributed by atoms with Gasteiger partial charge in [-0.25, -0.2) is 0 Å². The number of carbonyl (C=O) groups excluding carboxylic acids is 2. The van der Waals surface area contributed by atoms with Gasteiger partial charge >= 0.3 is 0 Å². The lowest BCUT2D eigenvalue weighted by atomic mass is 9.95. The molecule has 2 aromatic rings. The highest BCUT2D eigenvalue weighted by Crippen LogP contribution is 2.32. The number of methoxy groups -OCH3 is 3. The van der Waals surface area contributed by atoms with Crippen LogP contribution < -0.4 is 19.5 Å². The third-order valence-electron chi connectivity index (χ3n) is 5.21. The largest absolute Gasteiger partial charge is 0.496 e. The molecule has 3 rings (SSSR count). The molecule has 0 aliphatic carbocycles. The van der Waals surface area contributed by atoms with E-state index in [9.17, 15) is 9.59 Å². The number of anilines is 1. The van der Waals surface area contributed by atoms with Crippen molar-refractivity contribution in [2.45, 2.75) is 12.8 Å². The van der Waals surface area contributed by atoms with E-state index in [1.54, 1.807) is 41.3 Å². The third-order valence-corrected chi connectivity index (χ3v) is 5.51. The topological polar surface area (TPSA) is 77.1 Å². The van der Waals surface area contributed by atoms with Gasteiger partial charge in [0.2, 0.25) is 5.91 Å². The summed E-state index contributed by atoms with van der Waals surface area (Å²) in [5, 5.41) is 3.33. The van der Waals surface area contributed by atoms with Gasteiger partial charge in [-0.05, 0) is 43.2 Å². The first-order valence-corrected chi connectivity index (χ1v) is 10.0. The maximum atomic E-state index is 13.1. The van der Waals surface area contributed by atoms with Crippen LogP contribution in [0.25, 0.3) is 0 Å². The highest BCUT2D eigenvalue weighted by atomic mass is 35.5. The van der Waals surface area contributed by atoms with E-state index in [1.807, 2.05) is 0 Å². The maximum absolute atomic E-state index is 13.1. The zero-order valence-electron chi connectivity index (χ0n) is 17.2. The number of piperidine rings is 1. The normalized spacial score (nSPS) is 14.2. The van der Waals surface area contributed by atoms with Crippen LogP contribution >= 0.6 is 11.6 Å². The summed E-state index contributed by atoms with van der Waals surface area (Å²) in [6.07, 6.45) is 1.14. The van der Waals surface area contributed by atoms with Crippen molar-refractivity contribution in [2.75, 3.05) is 39.7 Å². The number of amides is 2. The van der Waals surface area contributed by atoms with Gasteiger partial charge in [0.1, 0.15) is 22.8 Å². The van der Waals surface area contributed by atoms with E-state index in [0.29, 0.717) is 59.5 Å². The van der Waals surface area contributed by atoms with Gasteiger partial charge in [0.05, 0.1) is 26.4 Å². The number of rotatable bonds is 6. The van der Waals surface area contributed by atoms with Crippen molar-refractivity contribution < 1.29 is 23.8 Å². The van der Waals surface area contributed by atoms with E-state index < -0.39 is 0 Å². The average Bonchev–Trinajstić information content (AvgIpc) is 2.78. The molecular formula is C22H25ClN2O5. The van der Waals surface area contributed by atoms with Crippen LogP contribution in [0.15, 0.2) is 36.4 Å². The number of ether oxygens (including phenoxy) is 3. The first-order chi connectivity index (χ1) is 14.5. The Hall–Kier alpha value is -2.93. The van der Waals surface area contributed by atoms with E-state index >= 15 is 0 Å². The molecule has 1 aliphatic heterocycles. The molecule has 1 aliphatic rings. The van der Waals surface area contributed by atoms with Crippen molar-refractivity contribution in [1.82, 2.24) is 4.90 Å². The number of benzene rings is 2. The van der Waals surface area contributed by atoms with Crippen molar-refractivity contribution in [3.05, 3.63) is 47.0 Å². The Morgan fingerprint density at radius 1 is 0.967 bits per heavy atom. The maximum Gasteiger partial charge on any atom is 0.261 e. The van der Waals surface area contributed by atoms with E-state index in [1.165, 1.54) is 21.3 Å². The Bertz CT molecular complexity index is 903. The average molecular weight is 433 g/mol. The van der Waals surface area contributed by atoms with Crippen molar-refractivity contribution in [3.63, 3.8) is 0 Å². The molecule has 0 bridgehead atoms. The summed E-state index contributed by atoms with van der Waals surface area (Å²) < 4.78 is 15.8. The van der Waals surface area contributed by atoms with Crippen LogP contribution in [-0.4, -0.2) is 51.1 Å². The van der Waals surface area contributed by atoms with Crippen LogP contribution in [0.4, 0.5) is 5.69 Å². The number of nitrogens with zero attached hydrogens (tertiary/aromatic N) is 1. The first kappa shape index (κ1) is 21.8. The minimum Gasteiger partial charge on any atom is -0.496 e. The minimum atomic E-state index is -0.186. The number of hydrogen-bond acceptors (Lipinski definition) is 5. The molecule has 30 heavy (non-hydrogen) atoms. The number of carbonyl (C=O) groups is 2. The van der Waals surface area contributed by atoms with Gasteiger partial charge in [-0.2, -0.15) is 0 Å². The number of likely N-dealkylation sites (tertiary alicyclic amines) is 1. The molecule has 1 saturated heterocycles. The molecule has 7 nitrogen and oxygen atoms in total. The summed E-state index contributed by atoms with van der Waals surface area (Å²) in [5.74, 6) is 1.05. The molecule has 1 fully saturated rings. The van der Waals surface area contributed by atoms with Crippen LogP contribution in [-0.2, 0) is 4.79 Å². The molecule has 0 unspecified atom stereocenters. The molecule has 0 spiro atoms. The Kier molecular flexibility index (Phi) is 7.05. The van der Waals surface area contributed by atoms with Crippen LogP contribution in [0.2, 0.25) is 5.02 Å². The number of halogens is 1. The Morgan fingerprint density at radius 2 is 1.57 bits per heavy atom. The summed E-state index contributed by atoms with van der Waals surface area (Å²) in [4.78, 5) is 27.4. The van der Waals surface area contributed by atoms with E-state index in [-0.39, 0.29) is 17.7 Å². The molecule has 1 heterocycles. The van der Waals surface area contributed by atoms with Crippen LogP contribution in [0, 0.1) is 5.92 Å². The first-order valence-electron chi connectivity index (χ1n) is 9.63. The van der Waals surface area contributed by atoms with Crippen molar-refractivity contribution in [1.29, 1.82) is 0 Å². The minimum absolute atomic E-state index is 0.0850. The van der Waals surface area contributed by atoms with Crippen molar-refractivity contribution in [3.8, 4) is 17.2 Å². The smallest absolute Gasteiger partial charge is 0.261 e. The number of hydrogen-bond donors (Lipinski definition) is 1. The van der Waals surface area contributed by atoms with Gasteiger partial charge in [-0.1, -0.05) is 17.7 Å². The summed E-state index contributed by atoms with van der Waals surface area (Å²) in [5.41, 5.74) is 1.02. The van der Waals surface area contributed by atoms with Gasteiger partial charge in [0.25, 0.3) is 5.91 Å². The van der Waals surface area contributed by atoms with Crippen molar-refractivity contribution in [2.24, 2.45) is 5.92 Å². The molecule has 1 N–H and O–H groups in total. The predicted octanol–water partition coefficient (Wildman–Crippen LogP) is 3.86. The van der Waals surface area contributed by atoms with Crippen LogP contribution in [0.1, 0.15) is 23.2 Å². The molecule has 0 saturated carbocycles. The highest BCUT2D eigenvalue weighted by molar-refractivity contribution is 6.32. The Labute approximate surface area is 180 Å². The lowest BCUT2D eigenvalue weighted by molar-refractivity contribution is -0.121. The molecular weight excluding hydrogens is 408 g/mol. The van der Waals surface area contributed by atoms with Crippen LogP contribution in [0.3, 0.4) is 0 Å². The lowest BCUT2D eigenvalue weighted by Crippen LogP contribution is -2.41. The molecule has 0 atom stereocenters. The fourth-order valence-electron chi connectivity index (χ4n) is 3.55. The molecule has 0 radical (unpaired) electrons. The second-order valence-corrected chi connectivity index (χ2v) is 7.35. The Balaban J connectivity index is 1.63. The van der Waals surface area contributed by atoms with Gasteiger partial charge in [0.15, 0.2) is 0 Å². The molecule has 8 heteroatoms. The van der Waals surface area contributed by atoms with Crippen molar-refractivity contribution >= 4 is 29.1 Å². The SMILES string of the molecule is COc1ccc(NC(=O)C2CCN(C(=O)c3c(OC)cccc3OC)CC2)cc1Cl. The van der Waals surface area contributed by atoms with Gasteiger partial charge in [0, 0.05) is 24.7 Å². The second kappa shape index (κ2) is 9.71. The van der Waals surface area contributed by atoms with E-state index in [2.05, 4.69) is 5.32 Å². The fraction of sp³-hybridized carbons (Fsp3) is 0.364. The highest BCUT2D eigenvalue weighted by Gasteiger charge is 2.30. The predicted molar refractivity (Wildman–Crippen MR) is 115 cm³/mol. The van der Waals surface area contributed by atoms with Gasteiger partial charge < -0.3 is 24.4 Å². The standard InChI is InChI=1S/C22H25ClN2O5/c1-28-17-8-7-15(13-16(17)23)24-21(26)14-9-11-25(12-10-14)22(27)20-18(29-2)5-4-6-19(20)30-3/h4-8,13-14H,9-12H2,1-3H3,(H,24,26). The quantitative estimate of drug-likeness (QED) is 0.750. The van der Waals surface area contributed by atoms with E-state index in [0.717, 1.165) is 0 Å². The van der Waals surface area contributed by atoms with E-state index in [4.69, 9.17) is 25.8 Å². The summed E-state index contributed by atoms with van der Waals surface area (Å²) >= 11 is 6.12. The third kappa shape index (κ3) is 4.62.